The second kappa shape index (κ2) is 6.01. The van der Waals surface area contributed by atoms with Gasteiger partial charge in [0.15, 0.2) is 5.11 Å². The molecule has 0 amide bonds. The summed E-state index contributed by atoms with van der Waals surface area (Å²) in [5.41, 5.74) is 1.08. The number of nitrogens with one attached hydrogen (secondary N) is 1. The highest BCUT2D eigenvalue weighted by Gasteiger charge is 2.20. The van der Waals surface area contributed by atoms with E-state index in [0.717, 1.165) is 29.8 Å². The van der Waals surface area contributed by atoms with Crippen LogP contribution in [0.25, 0.3) is 0 Å². The number of nitrogens with zero attached hydrogens (tertiary/aromatic N) is 1. The first-order valence-corrected chi connectivity index (χ1v) is 6.81. The van der Waals surface area contributed by atoms with Crippen molar-refractivity contribution < 1.29 is 0 Å². The minimum atomic E-state index is 0.805. The Balaban J connectivity index is 1.91. The zero-order valence-electron chi connectivity index (χ0n) is 10.4. The monoisotopic (exact) mass is 248 g/mol. The molecule has 0 radical (unpaired) electrons. The van der Waals surface area contributed by atoms with E-state index in [-0.39, 0.29) is 0 Å². The molecule has 0 bridgehead atoms. The van der Waals surface area contributed by atoms with Crippen LogP contribution in [0.1, 0.15) is 26.2 Å². The van der Waals surface area contributed by atoms with Crippen LogP contribution in [-0.4, -0.2) is 23.1 Å². The third-order valence-corrected chi connectivity index (χ3v) is 3.77. The van der Waals surface area contributed by atoms with E-state index in [4.69, 9.17) is 12.2 Å². The van der Waals surface area contributed by atoms with Crippen molar-refractivity contribution in [2.45, 2.75) is 26.2 Å². The molecule has 1 atom stereocenters. The topological polar surface area (TPSA) is 15.3 Å². The smallest absolute Gasteiger partial charge is 0.173 e. The van der Waals surface area contributed by atoms with E-state index < -0.39 is 0 Å². The normalized spacial score (nSPS) is 20.1. The van der Waals surface area contributed by atoms with Crippen molar-refractivity contribution >= 4 is 23.0 Å². The maximum absolute atomic E-state index is 5.47. The lowest BCUT2D eigenvalue weighted by atomic mass is 9.96. The number of piperidine rings is 1. The van der Waals surface area contributed by atoms with Gasteiger partial charge in [0, 0.05) is 18.8 Å². The molecule has 0 spiro atoms. The average Bonchev–Trinajstić information content (AvgIpc) is 2.40. The second-order valence-corrected chi connectivity index (χ2v) is 5.05. The van der Waals surface area contributed by atoms with Crippen molar-refractivity contribution in [2.75, 3.05) is 18.4 Å². The van der Waals surface area contributed by atoms with Gasteiger partial charge in [-0.05, 0) is 43.1 Å². The predicted octanol–water partition coefficient (Wildman–Crippen LogP) is 3.51. The molecule has 1 aliphatic heterocycles. The number of para-hydroxylation sites is 1. The molecule has 3 heteroatoms. The van der Waals surface area contributed by atoms with Gasteiger partial charge in [0.25, 0.3) is 0 Å². The molecule has 0 aliphatic carbocycles. The van der Waals surface area contributed by atoms with E-state index in [1.807, 2.05) is 30.3 Å². The first kappa shape index (κ1) is 12.4. The summed E-state index contributed by atoms with van der Waals surface area (Å²) < 4.78 is 0. The summed E-state index contributed by atoms with van der Waals surface area (Å²) in [6, 6.07) is 10.2. The Labute approximate surface area is 109 Å². The summed E-state index contributed by atoms with van der Waals surface area (Å²) in [5.74, 6) is 0.805. The summed E-state index contributed by atoms with van der Waals surface area (Å²) >= 11 is 5.47. The Hall–Kier alpha value is -1.09. The van der Waals surface area contributed by atoms with Crippen LogP contribution in [0.5, 0.6) is 0 Å². The first-order chi connectivity index (χ1) is 8.29. The summed E-state index contributed by atoms with van der Waals surface area (Å²) in [6.45, 7) is 4.46. The molecular formula is C14H20N2S. The minimum absolute atomic E-state index is 0.805. The molecule has 1 N–H and O–H groups in total. The van der Waals surface area contributed by atoms with Crippen LogP contribution >= 0.6 is 12.2 Å². The minimum Gasteiger partial charge on any atom is -0.349 e. The van der Waals surface area contributed by atoms with Crippen LogP contribution in [-0.2, 0) is 0 Å². The molecule has 1 aromatic rings. The molecule has 92 valence electrons. The molecule has 1 fully saturated rings. The van der Waals surface area contributed by atoms with Crippen LogP contribution in [0.15, 0.2) is 30.3 Å². The molecule has 0 saturated carbocycles. The number of anilines is 1. The van der Waals surface area contributed by atoms with Crippen molar-refractivity contribution in [3.63, 3.8) is 0 Å². The first-order valence-electron chi connectivity index (χ1n) is 6.40. The van der Waals surface area contributed by atoms with Crippen LogP contribution in [0.3, 0.4) is 0 Å². The van der Waals surface area contributed by atoms with Crippen molar-refractivity contribution in [3.8, 4) is 0 Å². The lowest BCUT2D eigenvalue weighted by Crippen LogP contribution is -2.42. The molecule has 1 heterocycles. The molecule has 1 saturated heterocycles. The Morgan fingerprint density at radius 1 is 1.41 bits per heavy atom. The Morgan fingerprint density at radius 2 is 2.18 bits per heavy atom. The maximum Gasteiger partial charge on any atom is 0.173 e. The van der Waals surface area contributed by atoms with E-state index >= 15 is 0 Å². The lowest BCUT2D eigenvalue weighted by Gasteiger charge is -2.34. The molecule has 1 aromatic carbocycles. The summed E-state index contributed by atoms with van der Waals surface area (Å²) in [7, 11) is 0. The molecule has 17 heavy (non-hydrogen) atoms. The number of hydrogen-bond acceptors (Lipinski definition) is 1. The highest BCUT2D eigenvalue weighted by atomic mass is 32.1. The summed E-state index contributed by atoms with van der Waals surface area (Å²) in [6.07, 6.45) is 3.86. The van der Waals surface area contributed by atoms with E-state index in [1.165, 1.54) is 19.3 Å². The summed E-state index contributed by atoms with van der Waals surface area (Å²) in [4.78, 5) is 2.31. The fourth-order valence-electron chi connectivity index (χ4n) is 2.31. The molecule has 0 aromatic heterocycles. The fourth-order valence-corrected chi connectivity index (χ4v) is 2.59. The van der Waals surface area contributed by atoms with Gasteiger partial charge in [0.2, 0.25) is 0 Å². The third kappa shape index (κ3) is 3.43. The van der Waals surface area contributed by atoms with Gasteiger partial charge in [-0.15, -0.1) is 0 Å². The van der Waals surface area contributed by atoms with Gasteiger partial charge in [-0.3, -0.25) is 0 Å². The van der Waals surface area contributed by atoms with E-state index in [2.05, 4.69) is 17.1 Å². The van der Waals surface area contributed by atoms with Gasteiger partial charge in [0.05, 0.1) is 0 Å². The van der Waals surface area contributed by atoms with Crippen LogP contribution < -0.4 is 5.32 Å². The molecular weight excluding hydrogens is 228 g/mol. The molecule has 2 nitrogen and oxygen atoms in total. The van der Waals surface area contributed by atoms with E-state index in [0.29, 0.717) is 0 Å². The largest absolute Gasteiger partial charge is 0.349 e. The third-order valence-electron chi connectivity index (χ3n) is 3.41. The van der Waals surface area contributed by atoms with E-state index in [9.17, 15) is 0 Å². The predicted molar refractivity (Wildman–Crippen MR) is 77.3 cm³/mol. The standard InChI is InChI=1S/C14H20N2S/c1-2-12-7-6-10-16(11-12)14(17)15-13-8-4-3-5-9-13/h3-5,8-9,12H,2,6-7,10-11H2,1H3,(H,15,17). The van der Waals surface area contributed by atoms with Crippen molar-refractivity contribution in [2.24, 2.45) is 5.92 Å². The number of rotatable bonds is 2. The molecule has 1 unspecified atom stereocenters. The maximum atomic E-state index is 5.47. The molecule has 2 rings (SSSR count). The van der Waals surface area contributed by atoms with Gasteiger partial charge in [-0.1, -0.05) is 31.5 Å². The van der Waals surface area contributed by atoms with Gasteiger partial charge < -0.3 is 10.2 Å². The Bertz CT molecular complexity index is 364. The fraction of sp³-hybridized carbons (Fsp3) is 0.500. The highest BCUT2D eigenvalue weighted by Crippen LogP contribution is 2.20. The zero-order valence-corrected chi connectivity index (χ0v) is 11.2. The van der Waals surface area contributed by atoms with Crippen molar-refractivity contribution in [1.82, 2.24) is 4.90 Å². The second-order valence-electron chi connectivity index (χ2n) is 4.66. The number of thiocarbonyl (C=S) groups is 1. The Morgan fingerprint density at radius 3 is 2.88 bits per heavy atom. The number of likely N-dealkylation sites (tertiary alicyclic amines) is 1. The lowest BCUT2D eigenvalue weighted by molar-refractivity contribution is 0.256. The van der Waals surface area contributed by atoms with Gasteiger partial charge >= 0.3 is 0 Å². The Kier molecular flexibility index (Phi) is 4.37. The number of hydrogen-bond donors (Lipinski definition) is 1. The quantitative estimate of drug-likeness (QED) is 0.806. The molecule has 1 aliphatic rings. The highest BCUT2D eigenvalue weighted by molar-refractivity contribution is 7.80. The van der Waals surface area contributed by atoms with Gasteiger partial charge in [-0.2, -0.15) is 0 Å². The van der Waals surface area contributed by atoms with Gasteiger partial charge in [-0.25, -0.2) is 0 Å². The SMILES string of the molecule is CCC1CCCN(C(=S)Nc2ccccc2)C1. The summed E-state index contributed by atoms with van der Waals surface area (Å²) in [5, 5.41) is 4.18. The average molecular weight is 248 g/mol. The van der Waals surface area contributed by atoms with Crippen molar-refractivity contribution in [1.29, 1.82) is 0 Å². The van der Waals surface area contributed by atoms with E-state index in [1.54, 1.807) is 0 Å². The van der Waals surface area contributed by atoms with Crippen LogP contribution in [0.2, 0.25) is 0 Å². The van der Waals surface area contributed by atoms with Crippen LogP contribution in [0.4, 0.5) is 5.69 Å². The zero-order chi connectivity index (χ0) is 12.1. The van der Waals surface area contributed by atoms with Gasteiger partial charge in [0.1, 0.15) is 0 Å². The number of benzene rings is 1. The van der Waals surface area contributed by atoms with Crippen LogP contribution in [0, 0.1) is 5.92 Å². The van der Waals surface area contributed by atoms with Crippen molar-refractivity contribution in [3.05, 3.63) is 30.3 Å².